The van der Waals surface area contributed by atoms with Crippen molar-refractivity contribution in [3.8, 4) is 0 Å². The van der Waals surface area contributed by atoms with E-state index in [-0.39, 0.29) is 11.9 Å². The molecule has 1 aliphatic carbocycles. The molecule has 1 unspecified atom stereocenters. The third-order valence-electron chi connectivity index (χ3n) is 3.93. The molecule has 0 radical (unpaired) electrons. The van der Waals surface area contributed by atoms with E-state index in [1.165, 1.54) is 11.8 Å². The minimum Gasteiger partial charge on any atom is -0.348 e. The molecule has 4 nitrogen and oxygen atoms in total. The number of aryl methyl sites for hydroxylation is 2. The van der Waals surface area contributed by atoms with Gasteiger partial charge in [0.15, 0.2) is 5.16 Å². The lowest BCUT2D eigenvalue weighted by Gasteiger charge is -2.18. The number of benzene rings is 1. The summed E-state index contributed by atoms with van der Waals surface area (Å²) in [5.41, 5.74) is 2.95. The summed E-state index contributed by atoms with van der Waals surface area (Å²) in [6.07, 6.45) is 2.31. The van der Waals surface area contributed by atoms with Crippen LogP contribution in [0.2, 0.25) is 5.02 Å². The topological polar surface area (TPSA) is 54.9 Å². The monoisotopic (exact) mass is 361 g/mol. The Morgan fingerprint density at radius 3 is 2.46 bits per heavy atom. The zero-order valence-electron chi connectivity index (χ0n) is 13.8. The molecule has 1 saturated carbocycles. The first kappa shape index (κ1) is 17.2. The number of hydrogen-bond donors (Lipinski definition) is 1. The number of halogens is 1. The van der Waals surface area contributed by atoms with Gasteiger partial charge in [0.2, 0.25) is 5.91 Å². The highest BCUT2D eigenvalue weighted by molar-refractivity contribution is 7.99. The van der Waals surface area contributed by atoms with Gasteiger partial charge in [0.1, 0.15) is 0 Å². The quantitative estimate of drug-likeness (QED) is 0.621. The van der Waals surface area contributed by atoms with E-state index < -0.39 is 0 Å². The molecule has 2 aromatic rings. The average molecular weight is 362 g/mol. The zero-order chi connectivity index (χ0) is 17.1. The van der Waals surface area contributed by atoms with Gasteiger partial charge in [0.25, 0.3) is 0 Å². The fourth-order valence-corrected chi connectivity index (χ4v) is 3.56. The number of nitrogens with one attached hydrogen (secondary N) is 1. The van der Waals surface area contributed by atoms with Crippen LogP contribution in [0.25, 0.3) is 0 Å². The van der Waals surface area contributed by atoms with Gasteiger partial charge in [-0.25, -0.2) is 9.97 Å². The average Bonchev–Trinajstić information content (AvgIpc) is 3.35. The first-order valence-electron chi connectivity index (χ1n) is 8.01. The standard InChI is InChI=1S/C18H20ClN3OS/c1-11-9-12(2)21-18(20-11)24-10-16(23)22-17(13-3-4-13)14-5-7-15(19)8-6-14/h5-9,13,17H,3-4,10H2,1-2H3,(H,22,23). The van der Waals surface area contributed by atoms with Crippen molar-refractivity contribution in [1.29, 1.82) is 0 Å². The molecule has 24 heavy (non-hydrogen) atoms. The Kier molecular flexibility index (Phi) is 5.41. The Morgan fingerprint density at radius 2 is 1.88 bits per heavy atom. The van der Waals surface area contributed by atoms with E-state index in [9.17, 15) is 4.79 Å². The predicted octanol–water partition coefficient (Wildman–Crippen LogP) is 4.11. The van der Waals surface area contributed by atoms with E-state index >= 15 is 0 Å². The van der Waals surface area contributed by atoms with Gasteiger partial charge in [-0.15, -0.1) is 0 Å². The number of carbonyl (C=O) groups excluding carboxylic acids is 1. The second kappa shape index (κ2) is 7.53. The van der Waals surface area contributed by atoms with Gasteiger partial charge in [-0.2, -0.15) is 0 Å². The highest BCUT2D eigenvalue weighted by atomic mass is 35.5. The molecule has 1 atom stereocenters. The molecule has 3 rings (SSSR count). The highest BCUT2D eigenvalue weighted by Crippen LogP contribution is 2.41. The Labute approximate surface area is 151 Å². The summed E-state index contributed by atoms with van der Waals surface area (Å²) in [5, 5.41) is 4.52. The van der Waals surface area contributed by atoms with Crippen molar-refractivity contribution in [1.82, 2.24) is 15.3 Å². The summed E-state index contributed by atoms with van der Waals surface area (Å²) in [4.78, 5) is 21.1. The van der Waals surface area contributed by atoms with Crippen molar-refractivity contribution in [3.05, 3.63) is 52.3 Å². The molecule has 6 heteroatoms. The minimum atomic E-state index is 0.00890. The number of carbonyl (C=O) groups is 1. The van der Waals surface area contributed by atoms with Crippen LogP contribution >= 0.6 is 23.4 Å². The van der Waals surface area contributed by atoms with E-state index in [0.29, 0.717) is 21.8 Å². The molecule has 126 valence electrons. The maximum Gasteiger partial charge on any atom is 0.230 e. The molecule has 0 aliphatic heterocycles. The number of thioether (sulfide) groups is 1. The minimum absolute atomic E-state index is 0.00890. The normalized spacial score (nSPS) is 15.1. The number of rotatable bonds is 6. The van der Waals surface area contributed by atoms with E-state index in [1.807, 2.05) is 44.2 Å². The Hall–Kier alpha value is -1.59. The second-order valence-electron chi connectivity index (χ2n) is 6.16. The van der Waals surface area contributed by atoms with Crippen molar-refractivity contribution >= 4 is 29.3 Å². The maximum atomic E-state index is 12.4. The summed E-state index contributed by atoms with van der Waals surface area (Å²) in [6.45, 7) is 3.87. The van der Waals surface area contributed by atoms with Gasteiger partial charge in [-0.05, 0) is 56.4 Å². The first-order valence-corrected chi connectivity index (χ1v) is 9.37. The van der Waals surface area contributed by atoms with Gasteiger partial charge in [-0.3, -0.25) is 4.79 Å². The Morgan fingerprint density at radius 1 is 1.25 bits per heavy atom. The van der Waals surface area contributed by atoms with Gasteiger partial charge in [0, 0.05) is 16.4 Å². The van der Waals surface area contributed by atoms with E-state index in [1.54, 1.807) is 0 Å². The van der Waals surface area contributed by atoms with Gasteiger partial charge in [0.05, 0.1) is 11.8 Å². The van der Waals surface area contributed by atoms with Crippen molar-refractivity contribution in [2.75, 3.05) is 5.75 Å². The van der Waals surface area contributed by atoms with Crippen LogP contribution in [0.3, 0.4) is 0 Å². The van der Waals surface area contributed by atoms with E-state index in [0.717, 1.165) is 29.8 Å². The molecular formula is C18H20ClN3OS. The first-order chi connectivity index (χ1) is 11.5. The van der Waals surface area contributed by atoms with Crippen LogP contribution < -0.4 is 5.32 Å². The van der Waals surface area contributed by atoms with Crippen LogP contribution in [0.5, 0.6) is 0 Å². The van der Waals surface area contributed by atoms with Crippen molar-refractivity contribution in [3.63, 3.8) is 0 Å². The van der Waals surface area contributed by atoms with Crippen molar-refractivity contribution in [2.45, 2.75) is 37.9 Å². The summed E-state index contributed by atoms with van der Waals surface area (Å²) < 4.78 is 0. The lowest BCUT2D eigenvalue weighted by atomic mass is 10.0. The number of amides is 1. The fraction of sp³-hybridized carbons (Fsp3) is 0.389. The predicted molar refractivity (Wildman–Crippen MR) is 97.3 cm³/mol. The second-order valence-corrected chi connectivity index (χ2v) is 7.54. The number of hydrogen-bond acceptors (Lipinski definition) is 4. The van der Waals surface area contributed by atoms with E-state index in [4.69, 9.17) is 11.6 Å². The molecule has 1 amide bonds. The number of nitrogens with zero attached hydrogens (tertiary/aromatic N) is 2. The molecule has 1 fully saturated rings. The van der Waals surface area contributed by atoms with Gasteiger partial charge >= 0.3 is 0 Å². The Balaban J connectivity index is 1.60. The molecule has 1 aromatic heterocycles. The molecule has 0 saturated heterocycles. The molecule has 1 heterocycles. The summed E-state index contributed by atoms with van der Waals surface area (Å²) in [5.74, 6) is 0.854. The third kappa shape index (κ3) is 4.71. The van der Waals surface area contributed by atoms with Crippen LogP contribution in [0.4, 0.5) is 0 Å². The summed E-state index contributed by atoms with van der Waals surface area (Å²) >= 11 is 7.33. The van der Waals surface area contributed by atoms with Crippen LogP contribution in [0.15, 0.2) is 35.5 Å². The highest BCUT2D eigenvalue weighted by Gasteiger charge is 2.33. The van der Waals surface area contributed by atoms with Crippen LogP contribution in [0, 0.1) is 19.8 Å². The summed E-state index contributed by atoms with van der Waals surface area (Å²) in [6, 6.07) is 9.72. The lowest BCUT2D eigenvalue weighted by Crippen LogP contribution is -2.31. The smallest absolute Gasteiger partial charge is 0.230 e. The molecule has 1 aromatic carbocycles. The molecule has 0 spiro atoms. The largest absolute Gasteiger partial charge is 0.348 e. The van der Waals surface area contributed by atoms with Crippen LogP contribution in [0.1, 0.15) is 35.8 Å². The maximum absolute atomic E-state index is 12.4. The SMILES string of the molecule is Cc1cc(C)nc(SCC(=O)NC(c2ccc(Cl)cc2)C2CC2)n1. The molecular weight excluding hydrogens is 342 g/mol. The number of aromatic nitrogens is 2. The fourth-order valence-electron chi connectivity index (χ4n) is 2.68. The van der Waals surface area contributed by atoms with Crippen molar-refractivity contribution < 1.29 is 4.79 Å². The molecule has 1 N–H and O–H groups in total. The zero-order valence-corrected chi connectivity index (χ0v) is 15.3. The lowest BCUT2D eigenvalue weighted by molar-refractivity contribution is -0.119. The van der Waals surface area contributed by atoms with Crippen LogP contribution in [-0.2, 0) is 4.79 Å². The third-order valence-corrected chi connectivity index (χ3v) is 5.03. The van der Waals surface area contributed by atoms with Gasteiger partial charge in [-0.1, -0.05) is 35.5 Å². The summed E-state index contributed by atoms with van der Waals surface area (Å²) in [7, 11) is 0. The molecule has 0 bridgehead atoms. The van der Waals surface area contributed by atoms with Crippen molar-refractivity contribution in [2.24, 2.45) is 5.92 Å². The molecule has 1 aliphatic rings. The van der Waals surface area contributed by atoms with Gasteiger partial charge < -0.3 is 5.32 Å². The van der Waals surface area contributed by atoms with E-state index in [2.05, 4.69) is 15.3 Å². The Bertz CT molecular complexity index is 711. The van der Waals surface area contributed by atoms with Crippen LogP contribution in [-0.4, -0.2) is 21.6 Å².